The van der Waals surface area contributed by atoms with Crippen molar-refractivity contribution in [3.05, 3.63) is 94.6 Å². The fourth-order valence-corrected chi connectivity index (χ4v) is 2.54. The summed E-state index contributed by atoms with van der Waals surface area (Å²) in [5.74, 6) is -0.0883. The quantitative estimate of drug-likeness (QED) is 0.298. The molecular weight excluding hydrogens is 330 g/mol. The summed E-state index contributed by atoms with van der Waals surface area (Å²) in [6.07, 6.45) is 3.61. The first kappa shape index (κ1) is 17.3. The summed E-state index contributed by atoms with van der Waals surface area (Å²) >= 11 is 0. The molecule has 3 rings (SSSR count). The second-order valence-electron chi connectivity index (χ2n) is 5.64. The molecule has 0 atom stereocenters. The van der Waals surface area contributed by atoms with E-state index >= 15 is 0 Å². The van der Waals surface area contributed by atoms with E-state index in [1.54, 1.807) is 36.6 Å². The van der Waals surface area contributed by atoms with Gasteiger partial charge in [0.05, 0.1) is 17.6 Å². The third-order valence-corrected chi connectivity index (χ3v) is 3.79. The molecular formula is C20H19N3O3. The molecule has 0 saturated carbocycles. The topological polar surface area (TPSA) is 79.6 Å². The van der Waals surface area contributed by atoms with Crippen LogP contribution >= 0.6 is 0 Å². The largest absolute Gasteiger partial charge is 0.493 e. The number of aromatic amines is 1. The molecule has 2 aromatic carbocycles. The van der Waals surface area contributed by atoms with Gasteiger partial charge < -0.3 is 14.9 Å². The number of nitrogens with one attached hydrogen (secondary N) is 1. The standard InChI is InChI=1S/C20H19N3O3/c1-2-12-26-21-14-16-8-10-17(11-9-16)23-19(24)18(22-20(23)25)13-15-6-4-3-5-7-15/h2-11,14,24H,1,12-13H2,(H,22,25). The van der Waals surface area contributed by atoms with Crippen molar-refractivity contribution in [2.24, 2.45) is 5.16 Å². The molecule has 132 valence electrons. The molecule has 0 saturated heterocycles. The van der Waals surface area contributed by atoms with Crippen molar-refractivity contribution in [1.29, 1.82) is 0 Å². The molecule has 0 fully saturated rings. The van der Waals surface area contributed by atoms with Gasteiger partial charge in [-0.1, -0.05) is 60.3 Å². The van der Waals surface area contributed by atoms with Gasteiger partial charge in [-0.25, -0.2) is 9.36 Å². The van der Waals surface area contributed by atoms with Gasteiger partial charge in [0.1, 0.15) is 6.61 Å². The molecule has 0 aliphatic heterocycles. The second-order valence-corrected chi connectivity index (χ2v) is 5.64. The Balaban J connectivity index is 1.82. The number of imidazole rings is 1. The van der Waals surface area contributed by atoms with Crippen LogP contribution in [-0.2, 0) is 11.3 Å². The summed E-state index contributed by atoms with van der Waals surface area (Å²) in [7, 11) is 0. The lowest BCUT2D eigenvalue weighted by atomic mass is 10.1. The van der Waals surface area contributed by atoms with E-state index in [2.05, 4.69) is 16.7 Å². The number of rotatable bonds is 7. The number of hydrogen-bond acceptors (Lipinski definition) is 4. The van der Waals surface area contributed by atoms with Gasteiger partial charge in [-0.3, -0.25) is 0 Å². The van der Waals surface area contributed by atoms with Crippen molar-refractivity contribution in [3.63, 3.8) is 0 Å². The Morgan fingerprint density at radius 3 is 2.58 bits per heavy atom. The Morgan fingerprint density at radius 2 is 1.88 bits per heavy atom. The van der Waals surface area contributed by atoms with Crippen LogP contribution < -0.4 is 5.69 Å². The Kier molecular flexibility index (Phi) is 5.34. The average Bonchev–Trinajstić information content (AvgIpc) is 2.94. The fourth-order valence-electron chi connectivity index (χ4n) is 2.54. The van der Waals surface area contributed by atoms with Crippen molar-refractivity contribution in [1.82, 2.24) is 9.55 Å². The van der Waals surface area contributed by atoms with Gasteiger partial charge in [-0.05, 0) is 23.3 Å². The summed E-state index contributed by atoms with van der Waals surface area (Å²) in [6, 6.07) is 16.7. The van der Waals surface area contributed by atoms with E-state index in [0.717, 1.165) is 11.1 Å². The molecule has 6 heteroatoms. The van der Waals surface area contributed by atoms with E-state index in [1.807, 2.05) is 30.3 Å². The summed E-state index contributed by atoms with van der Waals surface area (Å²) < 4.78 is 1.24. The first-order chi connectivity index (χ1) is 12.7. The van der Waals surface area contributed by atoms with Crippen LogP contribution in [0.2, 0.25) is 0 Å². The summed E-state index contributed by atoms with van der Waals surface area (Å²) in [5, 5.41) is 14.3. The number of hydrogen-bond donors (Lipinski definition) is 2. The van der Waals surface area contributed by atoms with Gasteiger partial charge in [0.2, 0.25) is 5.88 Å². The number of aromatic nitrogens is 2. The molecule has 0 aliphatic rings. The van der Waals surface area contributed by atoms with Gasteiger partial charge in [0.25, 0.3) is 0 Å². The summed E-state index contributed by atoms with van der Waals surface area (Å²) in [6.45, 7) is 3.88. The van der Waals surface area contributed by atoms with E-state index in [4.69, 9.17) is 4.84 Å². The highest BCUT2D eigenvalue weighted by molar-refractivity contribution is 5.79. The molecule has 0 bridgehead atoms. The van der Waals surface area contributed by atoms with Crippen molar-refractivity contribution in [2.45, 2.75) is 6.42 Å². The third-order valence-electron chi connectivity index (χ3n) is 3.79. The highest BCUT2D eigenvalue weighted by Crippen LogP contribution is 2.21. The molecule has 6 nitrogen and oxygen atoms in total. The number of benzene rings is 2. The minimum absolute atomic E-state index is 0.0883. The van der Waals surface area contributed by atoms with Crippen LogP contribution in [0.15, 0.2) is 77.2 Å². The Labute approximate surface area is 150 Å². The number of H-pyrrole nitrogens is 1. The fraction of sp³-hybridized carbons (Fsp3) is 0.100. The van der Waals surface area contributed by atoms with E-state index < -0.39 is 0 Å². The van der Waals surface area contributed by atoms with Gasteiger partial charge >= 0.3 is 5.69 Å². The molecule has 0 aliphatic carbocycles. The molecule has 0 spiro atoms. The maximum atomic E-state index is 12.3. The summed E-state index contributed by atoms with van der Waals surface area (Å²) in [5.41, 5.74) is 2.47. The van der Waals surface area contributed by atoms with Crippen molar-refractivity contribution in [3.8, 4) is 11.6 Å². The minimum atomic E-state index is -0.385. The molecule has 0 radical (unpaired) electrons. The Bertz CT molecular complexity index is 954. The van der Waals surface area contributed by atoms with E-state index in [1.165, 1.54) is 4.57 Å². The number of oxime groups is 1. The van der Waals surface area contributed by atoms with Crippen LogP contribution in [0, 0.1) is 0 Å². The van der Waals surface area contributed by atoms with Crippen LogP contribution in [0.1, 0.15) is 16.8 Å². The lowest BCUT2D eigenvalue weighted by Gasteiger charge is -2.05. The van der Waals surface area contributed by atoms with Gasteiger partial charge in [0, 0.05) is 6.42 Å². The second kappa shape index (κ2) is 8.02. The smallest absolute Gasteiger partial charge is 0.333 e. The minimum Gasteiger partial charge on any atom is -0.493 e. The molecule has 3 aromatic rings. The van der Waals surface area contributed by atoms with Gasteiger partial charge in [0.15, 0.2) is 0 Å². The average molecular weight is 349 g/mol. The van der Waals surface area contributed by atoms with Crippen LogP contribution in [0.25, 0.3) is 5.69 Å². The van der Waals surface area contributed by atoms with Crippen molar-refractivity contribution in [2.75, 3.05) is 6.61 Å². The zero-order valence-corrected chi connectivity index (χ0v) is 14.1. The predicted molar refractivity (Wildman–Crippen MR) is 101 cm³/mol. The maximum absolute atomic E-state index is 12.3. The molecule has 2 N–H and O–H groups in total. The van der Waals surface area contributed by atoms with Gasteiger partial charge in [-0.15, -0.1) is 0 Å². The molecule has 26 heavy (non-hydrogen) atoms. The molecule has 1 heterocycles. The van der Waals surface area contributed by atoms with Crippen LogP contribution in [0.3, 0.4) is 0 Å². The number of aromatic hydroxyl groups is 1. The highest BCUT2D eigenvalue weighted by Gasteiger charge is 2.14. The predicted octanol–water partition coefficient (Wildman–Crippen LogP) is 3.00. The molecule has 0 unspecified atom stereocenters. The van der Waals surface area contributed by atoms with E-state index in [-0.39, 0.29) is 11.6 Å². The number of nitrogens with zero attached hydrogens (tertiary/aromatic N) is 2. The zero-order valence-electron chi connectivity index (χ0n) is 14.1. The van der Waals surface area contributed by atoms with Crippen LogP contribution in [0.5, 0.6) is 5.88 Å². The van der Waals surface area contributed by atoms with Crippen molar-refractivity contribution >= 4 is 6.21 Å². The first-order valence-electron chi connectivity index (χ1n) is 8.12. The van der Waals surface area contributed by atoms with E-state index in [0.29, 0.717) is 24.4 Å². The third kappa shape index (κ3) is 3.92. The Hall–Kier alpha value is -3.54. The van der Waals surface area contributed by atoms with Gasteiger partial charge in [-0.2, -0.15) is 0 Å². The zero-order chi connectivity index (χ0) is 18.4. The highest BCUT2D eigenvalue weighted by atomic mass is 16.6. The van der Waals surface area contributed by atoms with E-state index in [9.17, 15) is 9.90 Å². The van der Waals surface area contributed by atoms with Crippen LogP contribution in [0.4, 0.5) is 0 Å². The maximum Gasteiger partial charge on any atom is 0.333 e. The monoisotopic (exact) mass is 349 g/mol. The van der Waals surface area contributed by atoms with Crippen LogP contribution in [-0.4, -0.2) is 27.5 Å². The molecule has 1 aromatic heterocycles. The lowest BCUT2D eigenvalue weighted by molar-refractivity contribution is 0.176. The first-order valence-corrected chi connectivity index (χ1v) is 8.12. The SMILES string of the molecule is C=CCON=Cc1ccc(-n2c(O)c(Cc3ccccc3)[nH]c2=O)cc1. The normalized spacial score (nSPS) is 10.9. The summed E-state index contributed by atoms with van der Waals surface area (Å²) in [4.78, 5) is 19.9. The lowest BCUT2D eigenvalue weighted by Crippen LogP contribution is -2.14. The van der Waals surface area contributed by atoms with Crippen molar-refractivity contribution < 1.29 is 9.94 Å². The molecule has 0 amide bonds. The Morgan fingerprint density at radius 1 is 1.15 bits per heavy atom.